The first-order valence-electron chi connectivity index (χ1n) is 9.77. The number of rotatable bonds is 4. The van der Waals surface area contributed by atoms with Gasteiger partial charge in [-0.2, -0.15) is 0 Å². The molecule has 0 saturated carbocycles. The molecule has 1 aliphatic rings. The van der Waals surface area contributed by atoms with E-state index in [1.807, 2.05) is 42.2 Å². The molecule has 0 atom stereocenters. The molecule has 1 fully saturated rings. The second-order valence-electron chi connectivity index (χ2n) is 7.26. The summed E-state index contributed by atoms with van der Waals surface area (Å²) in [4.78, 5) is 28.9. The molecule has 2 aromatic heterocycles. The molecule has 1 aromatic carbocycles. The van der Waals surface area contributed by atoms with Crippen LogP contribution in [0.15, 0.2) is 40.9 Å². The number of anilines is 1. The van der Waals surface area contributed by atoms with Gasteiger partial charge in [-0.05, 0) is 44.2 Å². The van der Waals surface area contributed by atoms with Crippen molar-refractivity contribution in [1.82, 2.24) is 10.1 Å². The number of aryl methyl sites for hydroxylation is 1. The minimum atomic E-state index is -0.379. The highest BCUT2D eigenvalue weighted by Crippen LogP contribution is 2.41. The third-order valence-corrected chi connectivity index (χ3v) is 6.38. The zero-order valence-corrected chi connectivity index (χ0v) is 17.3. The van der Waals surface area contributed by atoms with Crippen molar-refractivity contribution in [2.75, 3.05) is 18.4 Å². The molecule has 1 N–H and O–H groups in total. The maximum absolute atomic E-state index is 13.4. The van der Waals surface area contributed by atoms with Crippen LogP contribution >= 0.6 is 11.3 Å². The van der Waals surface area contributed by atoms with Crippen molar-refractivity contribution in [2.24, 2.45) is 0 Å². The van der Waals surface area contributed by atoms with Crippen molar-refractivity contribution < 1.29 is 14.1 Å². The highest BCUT2D eigenvalue weighted by atomic mass is 32.1. The number of aromatic nitrogens is 1. The van der Waals surface area contributed by atoms with E-state index in [2.05, 4.69) is 10.5 Å². The average Bonchev–Trinajstić information content (AvgIpc) is 3.32. The SMILES string of the molecule is Cc1cc(C(=O)Nc2sc(-c3ccccc3)c(C)c2C(=O)N2CCCCC2)no1. The van der Waals surface area contributed by atoms with Crippen LogP contribution in [0.3, 0.4) is 0 Å². The van der Waals surface area contributed by atoms with E-state index < -0.39 is 0 Å². The lowest BCUT2D eigenvalue weighted by Gasteiger charge is -2.27. The van der Waals surface area contributed by atoms with Gasteiger partial charge in [-0.25, -0.2) is 0 Å². The van der Waals surface area contributed by atoms with Gasteiger partial charge in [0.25, 0.3) is 11.8 Å². The van der Waals surface area contributed by atoms with Gasteiger partial charge >= 0.3 is 0 Å². The number of likely N-dealkylation sites (tertiary alicyclic amines) is 1. The number of nitrogens with one attached hydrogen (secondary N) is 1. The molecule has 0 aliphatic carbocycles. The van der Waals surface area contributed by atoms with Crippen LogP contribution in [-0.4, -0.2) is 35.0 Å². The fourth-order valence-electron chi connectivity index (χ4n) is 3.62. The van der Waals surface area contributed by atoms with E-state index in [1.165, 1.54) is 11.3 Å². The van der Waals surface area contributed by atoms with Crippen LogP contribution in [-0.2, 0) is 0 Å². The molecule has 1 saturated heterocycles. The minimum Gasteiger partial charge on any atom is -0.361 e. The first kappa shape index (κ1) is 19.4. The number of hydrogen-bond acceptors (Lipinski definition) is 5. The Morgan fingerprint density at radius 2 is 1.83 bits per heavy atom. The Kier molecular flexibility index (Phi) is 5.49. The van der Waals surface area contributed by atoms with E-state index in [1.54, 1.807) is 13.0 Å². The molecule has 29 heavy (non-hydrogen) atoms. The van der Waals surface area contributed by atoms with Crippen LogP contribution in [0.25, 0.3) is 10.4 Å². The summed E-state index contributed by atoms with van der Waals surface area (Å²) >= 11 is 1.42. The van der Waals surface area contributed by atoms with Crippen LogP contribution in [0.5, 0.6) is 0 Å². The fourth-order valence-corrected chi connectivity index (χ4v) is 4.82. The lowest BCUT2D eigenvalue weighted by molar-refractivity contribution is 0.0725. The van der Waals surface area contributed by atoms with E-state index in [0.29, 0.717) is 16.3 Å². The van der Waals surface area contributed by atoms with E-state index in [0.717, 1.165) is 48.4 Å². The average molecular weight is 410 g/mol. The lowest BCUT2D eigenvalue weighted by atomic mass is 10.0. The largest absolute Gasteiger partial charge is 0.361 e. The number of nitrogens with zero attached hydrogens (tertiary/aromatic N) is 2. The molecule has 0 spiro atoms. The number of carbonyl (C=O) groups excluding carboxylic acids is 2. The molecule has 1 aliphatic heterocycles. The Morgan fingerprint density at radius 3 is 2.48 bits per heavy atom. The monoisotopic (exact) mass is 409 g/mol. The van der Waals surface area contributed by atoms with E-state index in [-0.39, 0.29) is 17.5 Å². The second kappa shape index (κ2) is 8.21. The lowest BCUT2D eigenvalue weighted by Crippen LogP contribution is -2.36. The molecule has 3 aromatic rings. The highest BCUT2D eigenvalue weighted by molar-refractivity contribution is 7.20. The Morgan fingerprint density at radius 1 is 1.10 bits per heavy atom. The second-order valence-corrected chi connectivity index (χ2v) is 8.28. The van der Waals surface area contributed by atoms with Gasteiger partial charge in [0.15, 0.2) is 5.69 Å². The third kappa shape index (κ3) is 3.96. The summed E-state index contributed by atoms with van der Waals surface area (Å²) in [7, 11) is 0. The van der Waals surface area contributed by atoms with Crippen LogP contribution in [0.4, 0.5) is 5.00 Å². The number of carbonyl (C=O) groups is 2. The van der Waals surface area contributed by atoms with Crippen LogP contribution in [0.2, 0.25) is 0 Å². The molecule has 3 heterocycles. The Labute approximate surface area is 173 Å². The van der Waals surface area contributed by atoms with E-state index >= 15 is 0 Å². The van der Waals surface area contributed by atoms with Gasteiger partial charge in [0.2, 0.25) is 0 Å². The van der Waals surface area contributed by atoms with Crippen molar-refractivity contribution in [3.63, 3.8) is 0 Å². The summed E-state index contributed by atoms with van der Waals surface area (Å²) < 4.78 is 5.01. The predicted octanol–water partition coefficient (Wildman–Crippen LogP) is 4.90. The van der Waals surface area contributed by atoms with Crippen molar-refractivity contribution in [3.05, 3.63) is 59.0 Å². The predicted molar refractivity (Wildman–Crippen MR) is 113 cm³/mol. The molecule has 0 radical (unpaired) electrons. The molecule has 7 heteroatoms. The zero-order valence-electron chi connectivity index (χ0n) is 16.5. The summed E-state index contributed by atoms with van der Waals surface area (Å²) in [5.41, 5.74) is 2.69. The maximum Gasteiger partial charge on any atom is 0.278 e. The van der Waals surface area contributed by atoms with Gasteiger partial charge in [-0.1, -0.05) is 35.5 Å². The molecule has 2 amide bonds. The van der Waals surface area contributed by atoms with E-state index in [4.69, 9.17) is 4.52 Å². The first-order chi connectivity index (χ1) is 14.0. The quantitative estimate of drug-likeness (QED) is 0.665. The van der Waals surface area contributed by atoms with Crippen molar-refractivity contribution in [2.45, 2.75) is 33.1 Å². The summed E-state index contributed by atoms with van der Waals surface area (Å²) in [6.45, 7) is 5.19. The summed E-state index contributed by atoms with van der Waals surface area (Å²) in [6, 6.07) is 11.5. The maximum atomic E-state index is 13.4. The van der Waals surface area contributed by atoms with Crippen LogP contribution in [0, 0.1) is 13.8 Å². The number of piperidine rings is 1. The number of hydrogen-bond donors (Lipinski definition) is 1. The van der Waals surface area contributed by atoms with Gasteiger partial charge in [0.05, 0.1) is 5.56 Å². The molecular weight excluding hydrogens is 386 g/mol. The van der Waals surface area contributed by atoms with Gasteiger partial charge < -0.3 is 14.7 Å². The van der Waals surface area contributed by atoms with Crippen LogP contribution < -0.4 is 5.32 Å². The van der Waals surface area contributed by atoms with Crippen LogP contribution in [0.1, 0.15) is 51.4 Å². The summed E-state index contributed by atoms with van der Waals surface area (Å²) in [5, 5.41) is 7.24. The van der Waals surface area contributed by atoms with Gasteiger partial charge in [0.1, 0.15) is 10.8 Å². The summed E-state index contributed by atoms with van der Waals surface area (Å²) in [5.74, 6) is 0.162. The number of benzene rings is 1. The smallest absolute Gasteiger partial charge is 0.278 e. The van der Waals surface area contributed by atoms with Crippen molar-refractivity contribution >= 4 is 28.2 Å². The molecule has 4 rings (SSSR count). The number of amides is 2. The normalized spacial score (nSPS) is 14.1. The molecule has 150 valence electrons. The van der Waals surface area contributed by atoms with Gasteiger partial charge in [-0.3, -0.25) is 9.59 Å². The topological polar surface area (TPSA) is 75.4 Å². The van der Waals surface area contributed by atoms with E-state index in [9.17, 15) is 9.59 Å². The minimum absolute atomic E-state index is 0.0211. The Hall–Kier alpha value is -2.93. The fraction of sp³-hybridized carbons (Fsp3) is 0.318. The zero-order chi connectivity index (χ0) is 20.4. The van der Waals surface area contributed by atoms with Crippen molar-refractivity contribution in [3.8, 4) is 10.4 Å². The van der Waals surface area contributed by atoms with Crippen molar-refractivity contribution in [1.29, 1.82) is 0 Å². The Balaban J connectivity index is 1.73. The summed E-state index contributed by atoms with van der Waals surface area (Å²) in [6.07, 6.45) is 3.18. The molecule has 0 unspecified atom stereocenters. The third-order valence-electron chi connectivity index (χ3n) is 5.13. The standard InChI is InChI=1S/C22H23N3O3S/c1-14-13-17(24-28-14)20(26)23-21-18(22(27)25-11-7-4-8-12-25)15(2)19(29-21)16-9-5-3-6-10-16/h3,5-6,9-10,13H,4,7-8,11-12H2,1-2H3,(H,23,26). The molecule has 6 nitrogen and oxygen atoms in total. The number of thiophene rings is 1. The molecular formula is C22H23N3O3S. The highest BCUT2D eigenvalue weighted by Gasteiger charge is 2.28. The van der Waals surface area contributed by atoms with Gasteiger partial charge in [-0.15, -0.1) is 11.3 Å². The first-order valence-corrected chi connectivity index (χ1v) is 10.6. The van der Waals surface area contributed by atoms with Gasteiger partial charge in [0, 0.05) is 24.0 Å². The Bertz CT molecular complexity index is 1030. The molecule has 0 bridgehead atoms.